The molecule has 2 N–H and O–H groups in total. The van der Waals surface area contributed by atoms with Crippen molar-refractivity contribution in [1.29, 1.82) is 0 Å². The quantitative estimate of drug-likeness (QED) is 0.644. The van der Waals surface area contributed by atoms with Crippen LogP contribution in [0.1, 0.15) is 27.9 Å². The van der Waals surface area contributed by atoms with E-state index >= 15 is 0 Å². The predicted molar refractivity (Wildman–Crippen MR) is 107 cm³/mol. The van der Waals surface area contributed by atoms with E-state index < -0.39 is 10.0 Å². The Morgan fingerprint density at radius 3 is 2.52 bits per heavy atom. The third-order valence-electron chi connectivity index (χ3n) is 4.02. The fraction of sp³-hybridized carbons (Fsp3) is 0.350. The lowest BCUT2D eigenvalue weighted by Gasteiger charge is -2.11. The van der Waals surface area contributed by atoms with E-state index in [1.54, 1.807) is 12.1 Å². The highest BCUT2D eigenvalue weighted by atomic mass is 32.2. The molecule has 146 valence electrons. The van der Waals surface area contributed by atoms with Crippen LogP contribution < -0.4 is 10.0 Å². The maximum Gasteiger partial charge on any atom is 0.251 e. The SMILES string of the molecule is Cc1cccc(CNC(=O)c2cccc(S(=O)(=O)NCCCN(C)C)c2)c1. The van der Waals surface area contributed by atoms with Crippen LogP contribution in [0.4, 0.5) is 0 Å². The summed E-state index contributed by atoms with van der Waals surface area (Å²) in [6, 6.07) is 13.9. The van der Waals surface area contributed by atoms with E-state index in [1.807, 2.05) is 50.2 Å². The first-order valence-corrected chi connectivity index (χ1v) is 10.3. The molecule has 0 saturated carbocycles. The highest BCUT2D eigenvalue weighted by Gasteiger charge is 2.15. The number of nitrogens with zero attached hydrogens (tertiary/aromatic N) is 1. The van der Waals surface area contributed by atoms with Gasteiger partial charge in [0.25, 0.3) is 5.91 Å². The molecule has 0 aromatic heterocycles. The zero-order chi connectivity index (χ0) is 19.9. The molecule has 2 rings (SSSR count). The summed E-state index contributed by atoms with van der Waals surface area (Å²) >= 11 is 0. The van der Waals surface area contributed by atoms with Gasteiger partial charge in [-0.25, -0.2) is 13.1 Å². The minimum absolute atomic E-state index is 0.0931. The van der Waals surface area contributed by atoms with Crippen molar-refractivity contribution >= 4 is 15.9 Å². The van der Waals surface area contributed by atoms with E-state index in [2.05, 4.69) is 10.0 Å². The number of nitrogens with one attached hydrogen (secondary N) is 2. The number of rotatable bonds is 9. The van der Waals surface area contributed by atoms with Gasteiger partial charge in [-0.2, -0.15) is 0 Å². The van der Waals surface area contributed by atoms with Crippen molar-refractivity contribution in [3.8, 4) is 0 Å². The number of hydrogen-bond acceptors (Lipinski definition) is 4. The maximum atomic E-state index is 12.4. The van der Waals surface area contributed by atoms with Gasteiger partial charge in [-0.3, -0.25) is 4.79 Å². The number of sulfonamides is 1. The Labute approximate surface area is 161 Å². The van der Waals surface area contributed by atoms with E-state index in [9.17, 15) is 13.2 Å². The van der Waals surface area contributed by atoms with Gasteiger partial charge in [0.15, 0.2) is 0 Å². The summed E-state index contributed by atoms with van der Waals surface area (Å²) in [6.07, 6.45) is 0.711. The van der Waals surface area contributed by atoms with Crippen LogP contribution in [0.25, 0.3) is 0 Å². The third-order valence-corrected chi connectivity index (χ3v) is 5.47. The molecule has 0 aliphatic heterocycles. The van der Waals surface area contributed by atoms with E-state index in [1.165, 1.54) is 12.1 Å². The number of hydrogen-bond donors (Lipinski definition) is 2. The number of benzene rings is 2. The van der Waals surface area contributed by atoms with Gasteiger partial charge < -0.3 is 10.2 Å². The molecule has 2 aromatic carbocycles. The summed E-state index contributed by atoms with van der Waals surface area (Å²) in [5.74, 6) is -0.304. The van der Waals surface area contributed by atoms with E-state index in [0.717, 1.165) is 17.7 Å². The van der Waals surface area contributed by atoms with Crippen molar-refractivity contribution in [2.24, 2.45) is 0 Å². The number of carbonyl (C=O) groups excluding carboxylic acids is 1. The molecule has 0 atom stereocenters. The van der Waals surface area contributed by atoms with Crippen LogP contribution in [0, 0.1) is 6.92 Å². The van der Waals surface area contributed by atoms with E-state index in [0.29, 0.717) is 25.1 Å². The lowest BCUT2D eigenvalue weighted by molar-refractivity contribution is 0.0950. The Morgan fingerprint density at radius 2 is 1.81 bits per heavy atom. The highest BCUT2D eigenvalue weighted by molar-refractivity contribution is 7.89. The summed E-state index contributed by atoms with van der Waals surface area (Å²) < 4.78 is 27.4. The molecule has 27 heavy (non-hydrogen) atoms. The van der Waals surface area contributed by atoms with Gasteiger partial charge in [-0.1, -0.05) is 35.9 Å². The Bertz CT molecular complexity index is 880. The molecule has 1 amide bonds. The van der Waals surface area contributed by atoms with E-state index in [4.69, 9.17) is 0 Å². The molecular weight excluding hydrogens is 362 g/mol. The Balaban J connectivity index is 1.99. The first-order valence-electron chi connectivity index (χ1n) is 8.86. The fourth-order valence-corrected chi connectivity index (χ4v) is 3.72. The van der Waals surface area contributed by atoms with Crippen molar-refractivity contribution in [2.45, 2.75) is 24.8 Å². The largest absolute Gasteiger partial charge is 0.348 e. The Morgan fingerprint density at radius 1 is 1.07 bits per heavy atom. The Hall–Kier alpha value is -2.22. The van der Waals surface area contributed by atoms with Crippen molar-refractivity contribution in [3.63, 3.8) is 0 Å². The van der Waals surface area contributed by atoms with Gasteiger partial charge in [0.1, 0.15) is 0 Å². The molecule has 0 bridgehead atoms. The zero-order valence-electron chi connectivity index (χ0n) is 16.0. The van der Waals surface area contributed by atoms with Crippen molar-refractivity contribution in [1.82, 2.24) is 14.9 Å². The molecule has 2 aromatic rings. The molecule has 0 saturated heterocycles. The molecule has 0 spiro atoms. The molecule has 6 nitrogen and oxygen atoms in total. The maximum absolute atomic E-state index is 12.4. The van der Waals surface area contributed by atoms with Crippen LogP contribution in [0.5, 0.6) is 0 Å². The van der Waals surface area contributed by atoms with Crippen LogP contribution in [0.15, 0.2) is 53.4 Å². The van der Waals surface area contributed by atoms with Gasteiger partial charge in [-0.15, -0.1) is 0 Å². The summed E-state index contributed by atoms with van der Waals surface area (Å²) in [4.78, 5) is 14.5. The standard InChI is InChI=1S/C20H27N3O3S/c1-16-7-4-8-17(13-16)15-21-20(24)18-9-5-10-19(14-18)27(25,26)22-11-6-12-23(2)3/h4-5,7-10,13-14,22H,6,11-12,15H2,1-3H3,(H,21,24). The van der Waals surface area contributed by atoms with Crippen molar-refractivity contribution in [3.05, 3.63) is 65.2 Å². The van der Waals surface area contributed by atoms with Crippen LogP contribution in [-0.4, -0.2) is 46.4 Å². The van der Waals surface area contributed by atoms with Crippen molar-refractivity contribution in [2.75, 3.05) is 27.2 Å². The van der Waals surface area contributed by atoms with E-state index in [-0.39, 0.29) is 10.8 Å². The molecule has 0 unspecified atom stereocenters. The van der Waals surface area contributed by atoms with Gasteiger partial charge in [0.05, 0.1) is 4.90 Å². The van der Waals surface area contributed by atoms with Gasteiger partial charge in [0, 0.05) is 18.7 Å². The second-order valence-electron chi connectivity index (χ2n) is 6.75. The lowest BCUT2D eigenvalue weighted by Crippen LogP contribution is -2.28. The zero-order valence-corrected chi connectivity index (χ0v) is 16.8. The molecule has 0 aliphatic rings. The summed E-state index contributed by atoms with van der Waals surface area (Å²) in [5, 5.41) is 2.83. The predicted octanol–water partition coefficient (Wildman–Crippen LogP) is 2.16. The van der Waals surface area contributed by atoms with Gasteiger partial charge in [-0.05, 0) is 57.7 Å². The number of amides is 1. The smallest absolute Gasteiger partial charge is 0.251 e. The average Bonchev–Trinajstić information content (AvgIpc) is 2.63. The average molecular weight is 390 g/mol. The normalized spacial score (nSPS) is 11.6. The van der Waals surface area contributed by atoms with Crippen LogP contribution >= 0.6 is 0 Å². The first-order chi connectivity index (χ1) is 12.8. The Kier molecular flexibility index (Phi) is 7.53. The molecule has 0 radical (unpaired) electrons. The number of carbonyl (C=O) groups is 1. The number of aryl methyl sites for hydroxylation is 1. The second kappa shape index (κ2) is 9.64. The van der Waals surface area contributed by atoms with Gasteiger partial charge in [0.2, 0.25) is 10.0 Å². The lowest BCUT2D eigenvalue weighted by atomic mass is 10.1. The topological polar surface area (TPSA) is 78.5 Å². The van der Waals surface area contributed by atoms with Gasteiger partial charge >= 0.3 is 0 Å². The molecule has 0 fully saturated rings. The molecule has 0 aliphatic carbocycles. The van der Waals surface area contributed by atoms with Crippen LogP contribution in [-0.2, 0) is 16.6 Å². The first kappa shape index (κ1) is 21.1. The van der Waals surface area contributed by atoms with Crippen LogP contribution in [0.3, 0.4) is 0 Å². The second-order valence-corrected chi connectivity index (χ2v) is 8.52. The summed E-state index contributed by atoms with van der Waals surface area (Å²) in [5.41, 5.74) is 2.43. The molecule has 0 heterocycles. The summed E-state index contributed by atoms with van der Waals surface area (Å²) in [6.45, 7) is 3.53. The minimum Gasteiger partial charge on any atom is -0.348 e. The molecular formula is C20H27N3O3S. The summed E-state index contributed by atoms with van der Waals surface area (Å²) in [7, 11) is 0.240. The highest BCUT2D eigenvalue weighted by Crippen LogP contribution is 2.12. The fourth-order valence-electron chi connectivity index (χ4n) is 2.60. The monoisotopic (exact) mass is 389 g/mol. The third kappa shape index (κ3) is 6.78. The minimum atomic E-state index is -3.64. The molecule has 7 heteroatoms. The van der Waals surface area contributed by atoms with Crippen molar-refractivity contribution < 1.29 is 13.2 Å². The van der Waals surface area contributed by atoms with Crippen LogP contribution in [0.2, 0.25) is 0 Å².